The van der Waals surface area contributed by atoms with Crippen LogP contribution in [0.4, 0.5) is 0 Å². The van der Waals surface area contributed by atoms with E-state index in [9.17, 15) is 19.5 Å². The SMILES string of the molecule is CCCC[C@H](NC(=O)[C@H](Cc1cccc2ccccc12)N(C)Cc1ccccc1)C(=O)N[C@@H](CC(C)C)[C@@H](O)CC(CC)C(=O)NCC(C)C. The standard InChI is InChI=1S/C42H62N4O4/c1-8-10-23-36(41(49)45-37(24-29(3)4)39(47)26-32(9-2)40(48)43-27-30(5)6)44-42(50)38(46(7)28-31-17-12-11-13-18-31)25-34-21-16-20-33-19-14-15-22-35(33)34/h11-22,29-30,32,36-39,47H,8-10,23-28H2,1-7H3,(H,43,48)(H,44,50)(H,45,49)/t32?,36-,37-,38-,39-/m0/s1. The topological polar surface area (TPSA) is 111 Å². The molecule has 0 saturated carbocycles. The summed E-state index contributed by atoms with van der Waals surface area (Å²) in [6.45, 7) is 13.4. The summed E-state index contributed by atoms with van der Waals surface area (Å²) >= 11 is 0. The number of nitrogens with one attached hydrogen (secondary N) is 3. The highest BCUT2D eigenvalue weighted by Crippen LogP contribution is 2.23. The Hall–Kier alpha value is -3.75. The number of nitrogens with zero attached hydrogens (tertiary/aromatic N) is 1. The Bertz CT molecular complexity index is 1470. The summed E-state index contributed by atoms with van der Waals surface area (Å²) in [4.78, 5) is 43.3. The fraction of sp³-hybridized carbons (Fsp3) is 0.548. The van der Waals surface area contributed by atoms with Gasteiger partial charge in [-0.25, -0.2) is 0 Å². The number of fused-ring (bicyclic) bond motifs is 1. The first-order valence-electron chi connectivity index (χ1n) is 18.7. The minimum atomic E-state index is -0.908. The van der Waals surface area contributed by atoms with Gasteiger partial charge in [0.1, 0.15) is 6.04 Å². The van der Waals surface area contributed by atoms with Crippen molar-refractivity contribution >= 4 is 28.5 Å². The molecule has 3 aromatic rings. The smallest absolute Gasteiger partial charge is 0.242 e. The maximum Gasteiger partial charge on any atom is 0.242 e. The van der Waals surface area contributed by atoms with Crippen LogP contribution in [0.5, 0.6) is 0 Å². The van der Waals surface area contributed by atoms with Gasteiger partial charge in [0.15, 0.2) is 0 Å². The summed E-state index contributed by atoms with van der Waals surface area (Å²) in [6.07, 6.45) is 3.08. The van der Waals surface area contributed by atoms with Crippen LogP contribution in [0.2, 0.25) is 0 Å². The first-order chi connectivity index (χ1) is 23.9. The Morgan fingerprint density at radius 1 is 0.780 bits per heavy atom. The van der Waals surface area contributed by atoms with E-state index in [-0.39, 0.29) is 36.0 Å². The van der Waals surface area contributed by atoms with Crippen molar-refractivity contribution in [3.05, 3.63) is 83.9 Å². The average Bonchev–Trinajstić information content (AvgIpc) is 3.09. The summed E-state index contributed by atoms with van der Waals surface area (Å²) in [7, 11) is 1.96. The molecule has 8 nitrogen and oxygen atoms in total. The van der Waals surface area contributed by atoms with Crippen molar-refractivity contribution in [2.45, 2.75) is 117 Å². The lowest BCUT2D eigenvalue weighted by molar-refractivity contribution is -0.133. The van der Waals surface area contributed by atoms with Crippen molar-refractivity contribution in [3.63, 3.8) is 0 Å². The first kappa shape index (κ1) is 40.7. The highest BCUT2D eigenvalue weighted by molar-refractivity contribution is 5.91. The zero-order chi connectivity index (χ0) is 36.6. The molecule has 0 aliphatic carbocycles. The van der Waals surface area contributed by atoms with Gasteiger partial charge in [0, 0.05) is 19.0 Å². The van der Waals surface area contributed by atoms with Crippen molar-refractivity contribution in [2.75, 3.05) is 13.6 Å². The van der Waals surface area contributed by atoms with Gasteiger partial charge in [0.2, 0.25) is 17.7 Å². The molecular formula is C42H62N4O4. The second-order valence-electron chi connectivity index (χ2n) is 14.8. The van der Waals surface area contributed by atoms with Gasteiger partial charge in [-0.15, -0.1) is 0 Å². The highest BCUT2D eigenvalue weighted by atomic mass is 16.3. The van der Waals surface area contributed by atoms with Crippen molar-refractivity contribution < 1.29 is 19.5 Å². The normalized spacial score (nSPS) is 14.7. The third kappa shape index (κ3) is 12.9. The zero-order valence-corrected chi connectivity index (χ0v) is 31.5. The van der Waals surface area contributed by atoms with Crippen LogP contribution in [0.3, 0.4) is 0 Å². The predicted octanol–water partition coefficient (Wildman–Crippen LogP) is 6.64. The van der Waals surface area contributed by atoms with Crippen molar-refractivity contribution in [1.29, 1.82) is 0 Å². The van der Waals surface area contributed by atoms with Gasteiger partial charge in [0.25, 0.3) is 0 Å². The van der Waals surface area contributed by atoms with E-state index in [1.165, 1.54) is 0 Å². The largest absolute Gasteiger partial charge is 0.391 e. The van der Waals surface area contributed by atoms with Gasteiger partial charge in [-0.3, -0.25) is 19.3 Å². The molecule has 0 spiro atoms. The molecule has 0 fully saturated rings. The molecule has 0 saturated heterocycles. The molecule has 0 bridgehead atoms. The van der Waals surface area contributed by atoms with Crippen molar-refractivity contribution in [2.24, 2.45) is 17.8 Å². The molecule has 5 atom stereocenters. The number of aliphatic hydroxyl groups is 1. The minimum absolute atomic E-state index is 0.0696. The van der Waals surface area contributed by atoms with Crippen molar-refractivity contribution in [1.82, 2.24) is 20.9 Å². The molecule has 8 heteroatoms. The number of likely N-dealkylation sites (N-methyl/N-ethyl adjacent to an activating group) is 1. The fourth-order valence-electron chi connectivity index (χ4n) is 6.52. The second-order valence-corrected chi connectivity index (χ2v) is 14.8. The van der Waals surface area contributed by atoms with Gasteiger partial charge in [0.05, 0.1) is 18.2 Å². The van der Waals surface area contributed by atoms with E-state index in [1.54, 1.807) is 0 Å². The number of rotatable bonds is 21. The number of hydrogen-bond donors (Lipinski definition) is 4. The van der Waals surface area contributed by atoms with Crippen LogP contribution in [0.15, 0.2) is 72.8 Å². The van der Waals surface area contributed by atoms with Crippen LogP contribution in [0.1, 0.15) is 91.2 Å². The molecule has 0 aromatic heterocycles. The Morgan fingerprint density at radius 2 is 1.46 bits per heavy atom. The van der Waals surface area contributed by atoms with Crippen LogP contribution in [0.25, 0.3) is 10.8 Å². The summed E-state index contributed by atoms with van der Waals surface area (Å²) in [6, 6.07) is 22.6. The summed E-state index contributed by atoms with van der Waals surface area (Å²) in [5.74, 6) is -0.412. The highest BCUT2D eigenvalue weighted by Gasteiger charge is 2.32. The van der Waals surface area contributed by atoms with E-state index >= 15 is 0 Å². The van der Waals surface area contributed by atoms with Gasteiger partial charge in [-0.1, -0.05) is 127 Å². The maximum absolute atomic E-state index is 14.3. The van der Waals surface area contributed by atoms with Crippen LogP contribution >= 0.6 is 0 Å². The van der Waals surface area contributed by atoms with E-state index < -0.39 is 24.2 Å². The number of aliphatic hydroxyl groups excluding tert-OH is 1. The average molecular weight is 687 g/mol. The van der Waals surface area contributed by atoms with Gasteiger partial charge >= 0.3 is 0 Å². The lowest BCUT2D eigenvalue weighted by Gasteiger charge is -2.32. The molecule has 0 heterocycles. The minimum Gasteiger partial charge on any atom is -0.391 e. The summed E-state index contributed by atoms with van der Waals surface area (Å²) in [5, 5.41) is 22.9. The number of benzene rings is 3. The first-order valence-corrected chi connectivity index (χ1v) is 18.7. The van der Waals surface area contributed by atoms with E-state index in [0.29, 0.717) is 44.7 Å². The number of amides is 3. The molecule has 274 valence electrons. The molecule has 0 aliphatic rings. The van der Waals surface area contributed by atoms with Gasteiger partial charge < -0.3 is 21.1 Å². The Kier molecular flexibility index (Phi) is 16.9. The van der Waals surface area contributed by atoms with Crippen molar-refractivity contribution in [3.8, 4) is 0 Å². The fourth-order valence-corrected chi connectivity index (χ4v) is 6.52. The monoisotopic (exact) mass is 686 g/mol. The molecule has 3 amide bonds. The number of carbonyl (C=O) groups is 3. The van der Waals surface area contributed by atoms with Crippen LogP contribution in [-0.4, -0.2) is 65.5 Å². The van der Waals surface area contributed by atoms with E-state index in [4.69, 9.17) is 0 Å². The Balaban J connectivity index is 1.84. The molecule has 0 aliphatic heterocycles. The maximum atomic E-state index is 14.3. The predicted molar refractivity (Wildman–Crippen MR) is 204 cm³/mol. The molecule has 3 rings (SSSR count). The van der Waals surface area contributed by atoms with Crippen LogP contribution in [0, 0.1) is 17.8 Å². The zero-order valence-electron chi connectivity index (χ0n) is 31.5. The van der Waals surface area contributed by atoms with E-state index in [2.05, 4.69) is 78.0 Å². The van der Waals surface area contributed by atoms with E-state index in [0.717, 1.165) is 34.7 Å². The second kappa shape index (κ2) is 20.8. The molecule has 50 heavy (non-hydrogen) atoms. The Labute approximate surface area is 300 Å². The molecule has 1 unspecified atom stereocenters. The summed E-state index contributed by atoms with van der Waals surface area (Å²) < 4.78 is 0. The molecule has 4 N–H and O–H groups in total. The quantitative estimate of drug-likeness (QED) is 0.101. The molecule has 3 aromatic carbocycles. The third-order valence-corrected chi connectivity index (χ3v) is 9.47. The third-order valence-electron chi connectivity index (χ3n) is 9.47. The van der Waals surface area contributed by atoms with E-state index in [1.807, 2.05) is 64.2 Å². The lowest BCUT2D eigenvalue weighted by atomic mass is 9.90. The van der Waals surface area contributed by atoms with Crippen LogP contribution in [-0.2, 0) is 27.3 Å². The Morgan fingerprint density at radius 3 is 2.12 bits per heavy atom. The molecule has 0 radical (unpaired) electrons. The summed E-state index contributed by atoms with van der Waals surface area (Å²) in [5.41, 5.74) is 2.17. The molecular weight excluding hydrogens is 624 g/mol. The lowest BCUT2D eigenvalue weighted by Crippen LogP contribution is -2.56. The van der Waals surface area contributed by atoms with Crippen LogP contribution < -0.4 is 16.0 Å². The van der Waals surface area contributed by atoms with Gasteiger partial charge in [-0.2, -0.15) is 0 Å². The van der Waals surface area contributed by atoms with Gasteiger partial charge in [-0.05, 0) is 72.9 Å². The number of unbranched alkanes of at least 4 members (excludes halogenated alkanes) is 1. The number of carbonyl (C=O) groups excluding carboxylic acids is 3. The number of hydrogen-bond acceptors (Lipinski definition) is 5.